The average Bonchev–Trinajstić information content (AvgIpc) is 3.10. The molecule has 2 aromatic rings. The standard InChI is InChI=1S/C17H14FNO4/c1-10(20)14-15(12-6-2-3-7-13(12)18)19(17(22)16(14)21)9-11-5-4-8-23-11/h2-8,15,21H,9H2,1H3/t15-/m1/s1. The number of rotatable bonds is 4. The molecule has 5 nitrogen and oxygen atoms in total. The third kappa shape index (κ3) is 2.52. The molecule has 2 heterocycles. The average molecular weight is 315 g/mol. The molecule has 0 saturated carbocycles. The SMILES string of the molecule is CC(=O)C1=C(O)C(=O)N(Cc2ccco2)[C@@H]1c1ccccc1F. The number of carbonyl (C=O) groups is 2. The zero-order valence-electron chi connectivity index (χ0n) is 12.3. The van der Waals surface area contributed by atoms with Gasteiger partial charge in [0.1, 0.15) is 11.6 Å². The van der Waals surface area contributed by atoms with Crippen molar-refractivity contribution >= 4 is 11.7 Å². The van der Waals surface area contributed by atoms with E-state index in [-0.39, 0.29) is 17.7 Å². The molecule has 1 atom stereocenters. The molecule has 0 bridgehead atoms. The first-order valence-electron chi connectivity index (χ1n) is 7.02. The fourth-order valence-corrected chi connectivity index (χ4v) is 2.77. The summed E-state index contributed by atoms with van der Waals surface area (Å²) in [4.78, 5) is 25.5. The number of benzene rings is 1. The molecule has 1 amide bonds. The number of nitrogens with zero attached hydrogens (tertiary/aromatic N) is 1. The van der Waals surface area contributed by atoms with E-state index in [2.05, 4.69) is 0 Å². The van der Waals surface area contributed by atoms with Crippen molar-refractivity contribution in [3.63, 3.8) is 0 Å². The Hall–Kier alpha value is -2.89. The molecular weight excluding hydrogens is 301 g/mol. The Labute approximate surface area is 131 Å². The number of carbonyl (C=O) groups excluding carboxylic acids is 2. The molecule has 3 rings (SSSR count). The van der Waals surface area contributed by atoms with E-state index in [4.69, 9.17) is 4.42 Å². The van der Waals surface area contributed by atoms with Crippen LogP contribution in [0.3, 0.4) is 0 Å². The Kier molecular flexibility index (Phi) is 3.73. The second-order valence-corrected chi connectivity index (χ2v) is 5.25. The van der Waals surface area contributed by atoms with Crippen molar-refractivity contribution in [2.45, 2.75) is 19.5 Å². The Morgan fingerprint density at radius 2 is 2.04 bits per heavy atom. The Morgan fingerprint density at radius 1 is 1.30 bits per heavy atom. The van der Waals surface area contributed by atoms with Gasteiger partial charge in [-0.3, -0.25) is 9.59 Å². The molecule has 0 saturated heterocycles. The van der Waals surface area contributed by atoms with Gasteiger partial charge in [0, 0.05) is 5.56 Å². The van der Waals surface area contributed by atoms with Gasteiger partial charge in [-0.15, -0.1) is 0 Å². The van der Waals surface area contributed by atoms with Crippen LogP contribution in [0.4, 0.5) is 4.39 Å². The third-order valence-electron chi connectivity index (χ3n) is 3.79. The highest BCUT2D eigenvalue weighted by molar-refractivity contribution is 6.08. The van der Waals surface area contributed by atoms with Gasteiger partial charge in [0.05, 0.1) is 24.4 Å². The van der Waals surface area contributed by atoms with E-state index in [1.165, 1.54) is 36.3 Å². The summed E-state index contributed by atoms with van der Waals surface area (Å²) >= 11 is 0. The summed E-state index contributed by atoms with van der Waals surface area (Å²) in [5.41, 5.74) is 0.0494. The first-order valence-corrected chi connectivity index (χ1v) is 7.02. The summed E-state index contributed by atoms with van der Waals surface area (Å²) in [7, 11) is 0. The normalized spacial score (nSPS) is 17.9. The van der Waals surface area contributed by atoms with Crippen LogP contribution in [-0.4, -0.2) is 21.7 Å². The highest BCUT2D eigenvalue weighted by Gasteiger charge is 2.43. The molecular formula is C17H14FNO4. The molecule has 6 heteroatoms. The fraction of sp³-hybridized carbons (Fsp3) is 0.176. The van der Waals surface area contributed by atoms with E-state index in [9.17, 15) is 19.1 Å². The van der Waals surface area contributed by atoms with Crippen molar-refractivity contribution in [3.8, 4) is 0 Å². The minimum Gasteiger partial charge on any atom is -0.503 e. The predicted octanol–water partition coefficient (Wildman–Crippen LogP) is 2.90. The van der Waals surface area contributed by atoms with Crippen LogP contribution in [0.25, 0.3) is 0 Å². The van der Waals surface area contributed by atoms with Crippen LogP contribution in [0.5, 0.6) is 0 Å². The number of hydrogen-bond acceptors (Lipinski definition) is 4. The van der Waals surface area contributed by atoms with Gasteiger partial charge in [0.15, 0.2) is 11.5 Å². The summed E-state index contributed by atoms with van der Waals surface area (Å²) in [5, 5.41) is 10.1. The van der Waals surface area contributed by atoms with Gasteiger partial charge in [-0.05, 0) is 25.1 Å². The minimum atomic E-state index is -0.980. The smallest absolute Gasteiger partial charge is 0.290 e. The number of halogens is 1. The van der Waals surface area contributed by atoms with Crippen molar-refractivity contribution in [1.82, 2.24) is 4.90 Å². The number of aliphatic hydroxyl groups is 1. The van der Waals surface area contributed by atoms with Crippen LogP contribution in [-0.2, 0) is 16.1 Å². The van der Waals surface area contributed by atoms with E-state index in [1.54, 1.807) is 18.2 Å². The Morgan fingerprint density at radius 3 is 2.65 bits per heavy atom. The molecule has 0 unspecified atom stereocenters. The predicted molar refractivity (Wildman–Crippen MR) is 78.7 cm³/mol. The van der Waals surface area contributed by atoms with E-state index in [0.717, 1.165) is 0 Å². The number of Topliss-reactive ketones (excluding diaryl/α,β-unsaturated/α-hetero) is 1. The summed E-state index contributed by atoms with van der Waals surface area (Å²) in [6.07, 6.45) is 1.45. The number of ketones is 1. The van der Waals surface area contributed by atoms with Crippen molar-refractivity contribution in [2.75, 3.05) is 0 Å². The first kappa shape index (κ1) is 15.0. The topological polar surface area (TPSA) is 70.8 Å². The largest absolute Gasteiger partial charge is 0.503 e. The van der Waals surface area contributed by atoms with Crippen LogP contribution in [0, 0.1) is 5.82 Å². The molecule has 1 N–H and O–H groups in total. The lowest BCUT2D eigenvalue weighted by atomic mass is 9.96. The van der Waals surface area contributed by atoms with Crippen LogP contribution in [0.15, 0.2) is 58.4 Å². The molecule has 1 aliphatic heterocycles. The Bertz CT molecular complexity index is 795. The molecule has 1 aliphatic rings. The van der Waals surface area contributed by atoms with E-state index in [1.807, 2.05) is 0 Å². The maximum atomic E-state index is 14.2. The second-order valence-electron chi connectivity index (χ2n) is 5.25. The maximum Gasteiger partial charge on any atom is 0.290 e. The molecule has 23 heavy (non-hydrogen) atoms. The van der Waals surface area contributed by atoms with Crippen LogP contribution in [0.2, 0.25) is 0 Å². The van der Waals surface area contributed by atoms with Gasteiger partial charge in [0.2, 0.25) is 0 Å². The van der Waals surface area contributed by atoms with Crippen LogP contribution < -0.4 is 0 Å². The molecule has 1 aromatic carbocycles. The lowest BCUT2D eigenvalue weighted by molar-refractivity contribution is -0.130. The minimum absolute atomic E-state index is 0.0195. The molecule has 0 spiro atoms. The van der Waals surface area contributed by atoms with Crippen LogP contribution in [0.1, 0.15) is 24.3 Å². The van der Waals surface area contributed by atoms with Crippen molar-refractivity contribution in [3.05, 3.63) is 71.1 Å². The number of hydrogen-bond donors (Lipinski definition) is 1. The molecule has 118 valence electrons. The zero-order valence-corrected chi connectivity index (χ0v) is 12.3. The van der Waals surface area contributed by atoms with Gasteiger partial charge in [-0.25, -0.2) is 4.39 Å². The maximum absolute atomic E-state index is 14.2. The summed E-state index contributed by atoms with van der Waals surface area (Å²) in [6, 6.07) is 8.21. The van der Waals surface area contributed by atoms with Gasteiger partial charge in [-0.1, -0.05) is 18.2 Å². The zero-order chi connectivity index (χ0) is 16.6. The second kappa shape index (κ2) is 5.72. The van der Waals surface area contributed by atoms with Crippen LogP contribution >= 0.6 is 0 Å². The van der Waals surface area contributed by atoms with Crippen molar-refractivity contribution in [1.29, 1.82) is 0 Å². The highest BCUT2D eigenvalue weighted by atomic mass is 19.1. The lowest BCUT2D eigenvalue weighted by Gasteiger charge is -2.26. The van der Waals surface area contributed by atoms with Gasteiger partial charge >= 0.3 is 0 Å². The number of amides is 1. The van der Waals surface area contributed by atoms with Crippen molar-refractivity contribution in [2.24, 2.45) is 0 Å². The third-order valence-corrected chi connectivity index (χ3v) is 3.79. The molecule has 0 fully saturated rings. The number of aliphatic hydroxyl groups excluding tert-OH is 1. The van der Waals surface area contributed by atoms with Gasteiger partial charge in [0.25, 0.3) is 5.91 Å². The summed E-state index contributed by atoms with van der Waals surface area (Å²) in [6.45, 7) is 1.26. The van der Waals surface area contributed by atoms with E-state index < -0.39 is 29.3 Å². The summed E-state index contributed by atoms with van der Waals surface area (Å²) < 4.78 is 19.4. The monoisotopic (exact) mass is 315 g/mol. The van der Waals surface area contributed by atoms with Gasteiger partial charge < -0.3 is 14.4 Å². The highest BCUT2D eigenvalue weighted by Crippen LogP contribution is 2.39. The van der Waals surface area contributed by atoms with Crippen molar-refractivity contribution < 1.29 is 23.5 Å². The summed E-state index contributed by atoms with van der Waals surface area (Å²) in [5.74, 6) is -1.93. The van der Waals surface area contributed by atoms with Gasteiger partial charge in [-0.2, -0.15) is 0 Å². The molecule has 0 aliphatic carbocycles. The molecule has 0 radical (unpaired) electrons. The van der Waals surface area contributed by atoms with E-state index >= 15 is 0 Å². The Balaban J connectivity index is 2.10. The lowest BCUT2D eigenvalue weighted by Crippen LogP contribution is -2.30. The molecule has 1 aromatic heterocycles. The number of furan rings is 1. The quantitative estimate of drug-likeness (QED) is 0.942. The van der Waals surface area contributed by atoms with E-state index in [0.29, 0.717) is 5.76 Å². The first-order chi connectivity index (χ1) is 11.0. The fourth-order valence-electron chi connectivity index (χ4n) is 2.77.